The van der Waals surface area contributed by atoms with Crippen molar-refractivity contribution >= 4 is 75.3 Å². The lowest BCUT2D eigenvalue weighted by Gasteiger charge is -2.59. The summed E-state index contributed by atoms with van der Waals surface area (Å²) >= 11 is 6.49. The molecule has 2 aromatic heterocycles. The zero-order chi connectivity index (χ0) is 49.8. The molecule has 2 saturated heterocycles. The number of aromatic carboxylic acids is 1. The number of rotatable bonds is 10. The standard InChI is InChI=1S/C49H59ClN10O8/c1-29(2)55-20-21-56(39(61)27-55)34-16-12-30(13-17-34)40(46(3,4)5)49(47(6,7)8,58-23-22-57(41(62)42(58)63)37-26-32(50)14-18-36(37)59-28-51-53-54-59)44(66)52-33-15-19-35-31(24-33)25-38(43(64)65)60(35)45(67)68-48(9,10)11/h12-19,24-26,28-29,40H,20-23,27H2,1-11H3,(H,52,66)(H,64,65). The maximum atomic E-state index is 16.0. The summed E-state index contributed by atoms with van der Waals surface area (Å²) in [7, 11) is 0. The smallest absolute Gasteiger partial charge is 0.419 e. The molecule has 2 aliphatic heterocycles. The minimum atomic E-state index is -1.85. The second-order valence-electron chi connectivity index (χ2n) is 20.7. The Morgan fingerprint density at radius 1 is 0.794 bits per heavy atom. The normalized spacial score (nSPS) is 16.9. The highest BCUT2D eigenvalue weighted by Crippen LogP contribution is 2.55. The van der Waals surface area contributed by atoms with Gasteiger partial charge in [0.2, 0.25) is 5.91 Å². The van der Waals surface area contributed by atoms with E-state index in [1.807, 2.05) is 65.8 Å². The van der Waals surface area contributed by atoms with E-state index in [2.05, 4.69) is 39.6 Å². The van der Waals surface area contributed by atoms with E-state index in [-0.39, 0.29) is 54.2 Å². The van der Waals surface area contributed by atoms with Gasteiger partial charge in [0.15, 0.2) is 0 Å². The third kappa shape index (κ3) is 9.18. The molecule has 2 aliphatic rings. The molecule has 7 rings (SSSR count). The van der Waals surface area contributed by atoms with Crippen LogP contribution in [0.15, 0.2) is 73.1 Å². The number of ether oxygens (including phenoxy) is 1. The fourth-order valence-corrected chi connectivity index (χ4v) is 9.93. The molecular weight excluding hydrogens is 892 g/mol. The third-order valence-corrected chi connectivity index (χ3v) is 12.9. The molecule has 0 saturated carbocycles. The van der Waals surface area contributed by atoms with E-state index in [0.29, 0.717) is 40.4 Å². The minimum Gasteiger partial charge on any atom is -0.477 e. The SMILES string of the molecule is CC(C)N1CCN(c2ccc(C(C(C)(C)C)C(C(=O)Nc3ccc4c(c3)cc(C(=O)O)n4C(=O)OC(C)(C)C)(N3CCN(c4cc(Cl)ccc4-n4cnnn4)C(=O)C3=O)C(C)(C)C)cc2)C(=O)C1. The first-order valence-corrected chi connectivity index (χ1v) is 22.9. The van der Waals surface area contributed by atoms with Crippen LogP contribution in [0.3, 0.4) is 0 Å². The van der Waals surface area contributed by atoms with Gasteiger partial charge in [-0.1, -0.05) is 65.3 Å². The van der Waals surface area contributed by atoms with Crippen molar-refractivity contribution < 1.29 is 38.6 Å². The summed E-state index contributed by atoms with van der Waals surface area (Å²) in [5.41, 5.74) is -2.52. The predicted molar refractivity (Wildman–Crippen MR) is 257 cm³/mol. The van der Waals surface area contributed by atoms with Crippen LogP contribution in [-0.2, 0) is 23.9 Å². The maximum absolute atomic E-state index is 16.0. The minimum absolute atomic E-state index is 0.0349. The number of carbonyl (C=O) groups is 6. The Kier molecular flexibility index (Phi) is 13.1. The van der Waals surface area contributed by atoms with Crippen molar-refractivity contribution in [2.45, 2.75) is 99.3 Å². The van der Waals surface area contributed by atoms with E-state index in [1.54, 1.807) is 56.0 Å². The van der Waals surface area contributed by atoms with E-state index in [0.717, 1.165) is 4.57 Å². The van der Waals surface area contributed by atoms with Crippen LogP contribution >= 0.6 is 11.6 Å². The van der Waals surface area contributed by atoms with Gasteiger partial charge in [-0.3, -0.25) is 24.1 Å². The molecule has 68 heavy (non-hydrogen) atoms. The van der Waals surface area contributed by atoms with Crippen LogP contribution in [0.2, 0.25) is 5.02 Å². The Labute approximate surface area is 400 Å². The van der Waals surface area contributed by atoms with E-state index in [9.17, 15) is 24.3 Å². The van der Waals surface area contributed by atoms with Crippen molar-refractivity contribution in [2.75, 3.05) is 47.8 Å². The molecule has 2 N–H and O–H groups in total. The molecule has 3 aromatic carbocycles. The zero-order valence-electron chi connectivity index (χ0n) is 40.3. The molecule has 18 nitrogen and oxygen atoms in total. The van der Waals surface area contributed by atoms with Gasteiger partial charge in [-0.05, 0) is 116 Å². The van der Waals surface area contributed by atoms with Gasteiger partial charge in [-0.2, -0.15) is 4.68 Å². The van der Waals surface area contributed by atoms with Crippen LogP contribution in [0.1, 0.15) is 98.1 Å². The quantitative estimate of drug-likeness (QED) is 0.133. The summed E-state index contributed by atoms with van der Waals surface area (Å²) in [5.74, 6) is -4.70. The number of carboxylic acid groups (broad SMARTS) is 1. The largest absolute Gasteiger partial charge is 0.477 e. The second kappa shape index (κ2) is 18.1. The molecule has 2 unspecified atom stereocenters. The van der Waals surface area contributed by atoms with Crippen LogP contribution in [0.5, 0.6) is 0 Å². The Balaban J connectivity index is 1.37. The number of carbonyl (C=O) groups excluding carboxylic acids is 5. The molecule has 2 atom stereocenters. The number of carboxylic acids is 1. The monoisotopic (exact) mass is 950 g/mol. The number of nitrogens with one attached hydrogen (secondary N) is 1. The summed E-state index contributed by atoms with van der Waals surface area (Å²) in [5, 5.41) is 25.4. The average Bonchev–Trinajstić information content (AvgIpc) is 3.92. The molecule has 0 radical (unpaired) electrons. The molecule has 2 fully saturated rings. The molecule has 4 heterocycles. The lowest BCUT2D eigenvalue weighted by atomic mass is 9.55. The van der Waals surface area contributed by atoms with Crippen LogP contribution < -0.4 is 15.1 Å². The van der Waals surface area contributed by atoms with Crippen LogP contribution in [0.25, 0.3) is 16.6 Å². The van der Waals surface area contributed by atoms with Gasteiger partial charge < -0.3 is 29.9 Å². The molecule has 0 spiro atoms. The van der Waals surface area contributed by atoms with Gasteiger partial charge in [-0.25, -0.2) is 14.2 Å². The molecule has 0 aliphatic carbocycles. The van der Waals surface area contributed by atoms with E-state index < -0.39 is 57.7 Å². The Morgan fingerprint density at radius 3 is 2.04 bits per heavy atom. The summed E-state index contributed by atoms with van der Waals surface area (Å²) in [6.45, 7) is 21.9. The lowest BCUT2D eigenvalue weighted by molar-refractivity contribution is -0.165. The fourth-order valence-electron chi connectivity index (χ4n) is 9.77. The number of benzene rings is 3. The highest BCUT2D eigenvalue weighted by Gasteiger charge is 2.64. The van der Waals surface area contributed by atoms with Gasteiger partial charge in [0, 0.05) is 59.9 Å². The average molecular weight is 952 g/mol. The number of fused-ring (bicyclic) bond motifs is 1. The molecular formula is C49H59ClN10O8. The van der Waals surface area contributed by atoms with Crippen molar-refractivity contribution in [3.05, 3.63) is 89.3 Å². The number of anilines is 3. The Hall–Kier alpha value is -6.66. The highest BCUT2D eigenvalue weighted by molar-refractivity contribution is 6.42. The van der Waals surface area contributed by atoms with Crippen molar-refractivity contribution in [2.24, 2.45) is 10.8 Å². The number of piperazine rings is 2. The number of halogens is 1. The first-order chi connectivity index (χ1) is 31.7. The first-order valence-electron chi connectivity index (χ1n) is 22.5. The van der Waals surface area contributed by atoms with Crippen molar-refractivity contribution in [1.29, 1.82) is 0 Å². The predicted octanol–water partition coefficient (Wildman–Crippen LogP) is 7.24. The van der Waals surface area contributed by atoms with E-state index >= 15 is 9.59 Å². The molecule has 360 valence electrons. The number of aromatic nitrogens is 5. The number of amides is 4. The summed E-state index contributed by atoms with van der Waals surface area (Å²) in [6, 6.07) is 18.4. The fraction of sp³-hybridized carbons (Fsp3) is 0.449. The number of hydrogen-bond acceptors (Lipinski definition) is 11. The molecule has 5 aromatic rings. The van der Waals surface area contributed by atoms with Gasteiger partial charge in [0.05, 0.1) is 23.4 Å². The van der Waals surface area contributed by atoms with Crippen LogP contribution in [0.4, 0.5) is 21.9 Å². The topological polar surface area (TPSA) is 205 Å². The molecule has 4 amide bonds. The lowest BCUT2D eigenvalue weighted by Crippen LogP contribution is -2.74. The summed E-state index contributed by atoms with van der Waals surface area (Å²) < 4.78 is 7.89. The zero-order valence-corrected chi connectivity index (χ0v) is 41.1. The number of nitrogens with zero attached hydrogens (tertiary/aromatic N) is 9. The van der Waals surface area contributed by atoms with Crippen molar-refractivity contribution in [1.82, 2.24) is 34.6 Å². The van der Waals surface area contributed by atoms with Gasteiger partial charge >= 0.3 is 23.9 Å². The van der Waals surface area contributed by atoms with E-state index in [4.69, 9.17) is 16.3 Å². The van der Waals surface area contributed by atoms with E-state index in [1.165, 1.54) is 32.9 Å². The van der Waals surface area contributed by atoms with Crippen molar-refractivity contribution in [3.63, 3.8) is 0 Å². The first kappa shape index (κ1) is 49.3. The number of tetrazole rings is 1. The van der Waals surface area contributed by atoms with Crippen LogP contribution in [-0.4, -0.2) is 125 Å². The third-order valence-electron chi connectivity index (χ3n) is 12.6. The van der Waals surface area contributed by atoms with Gasteiger partial charge in [0.1, 0.15) is 23.2 Å². The Morgan fingerprint density at radius 2 is 1.47 bits per heavy atom. The summed E-state index contributed by atoms with van der Waals surface area (Å²) in [4.78, 5) is 91.9. The molecule has 0 bridgehead atoms. The highest BCUT2D eigenvalue weighted by atomic mass is 35.5. The van der Waals surface area contributed by atoms with Gasteiger partial charge in [0.25, 0.3) is 5.91 Å². The maximum Gasteiger partial charge on any atom is 0.419 e. The molecule has 19 heteroatoms. The van der Waals surface area contributed by atoms with Crippen LogP contribution in [0, 0.1) is 10.8 Å². The second-order valence-corrected chi connectivity index (χ2v) is 21.1. The van der Waals surface area contributed by atoms with Gasteiger partial charge in [-0.15, -0.1) is 5.10 Å². The number of hydrogen-bond donors (Lipinski definition) is 2. The van der Waals surface area contributed by atoms with Crippen molar-refractivity contribution in [3.8, 4) is 5.69 Å². The Bertz CT molecular complexity index is 2790. The summed E-state index contributed by atoms with van der Waals surface area (Å²) in [6.07, 6.45) is 0.469.